The molecule has 0 aliphatic carbocycles. The first-order valence-electron chi connectivity index (χ1n) is 6.09. The van der Waals surface area contributed by atoms with Crippen LogP contribution < -0.4 is 11.3 Å². The molecule has 3 rings (SSSR count). The molecule has 21 heavy (non-hydrogen) atoms. The number of pyridine rings is 1. The number of hydrogen-bond donors (Lipinski definition) is 2. The quantitative estimate of drug-likeness (QED) is 0.707. The van der Waals surface area contributed by atoms with E-state index in [-0.39, 0.29) is 11.4 Å². The number of nitrogens with two attached hydrogens (primary N) is 1. The minimum absolute atomic E-state index is 0.224. The fourth-order valence-corrected chi connectivity index (χ4v) is 2.61. The zero-order chi connectivity index (χ0) is 15.1. The number of H-pyrrole nitrogens is 1. The van der Waals surface area contributed by atoms with Crippen molar-refractivity contribution in [3.63, 3.8) is 0 Å². The van der Waals surface area contributed by atoms with E-state index >= 15 is 0 Å². The van der Waals surface area contributed by atoms with Crippen LogP contribution in [0, 0.1) is 18.3 Å². The van der Waals surface area contributed by atoms with E-state index in [1.807, 2.05) is 18.2 Å². The molecule has 0 spiro atoms. The molecule has 104 valence electrons. The standard InChI is InChI=1S/C14H10BrN5O/c1-7-10(6-16)14(17)20(19-7)12-5-13(21)18-11-3-2-8(15)4-9(11)12/h2-5H,17H2,1H3,(H,18,21). The third kappa shape index (κ3) is 2.10. The summed E-state index contributed by atoms with van der Waals surface area (Å²) in [5.74, 6) is 0.224. The molecular weight excluding hydrogens is 334 g/mol. The Hall–Kier alpha value is -2.59. The van der Waals surface area contributed by atoms with Crippen molar-refractivity contribution in [2.45, 2.75) is 6.92 Å². The highest BCUT2D eigenvalue weighted by Crippen LogP contribution is 2.26. The summed E-state index contributed by atoms with van der Waals surface area (Å²) in [5.41, 5.74) is 7.78. The molecule has 0 atom stereocenters. The molecule has 0 saturated heterocycles. The molecule has 3 aromatic rings. The lowest BCUT2D eigenvalue weighted by molar-refractivity contribution is 0.875. The first-order valence-corrected chi connectivity index (χ1v) is 6.88. The van der Waals surface area contributed by atoms with Crippen molar-refractivity contribution in [1.29, 1.82) is 5.26 Å². The number of nitrogens with one attached hydrogen (secondary N) is 1. The van der Waals surface area contributed by atoms with Gasteiger partial charge in [-0.1, -0.05) is 15.9 Å². The van der Waals surface area contributed by atoms with Gasteiger partial charge < -0.3 is 10.7 Å². The smallest absolute Gasteiger partial charge is 0.250 e. The van der Waals surface area contributed by atoms with E-state index in [0.717, 1.165) is 9.86 Å². The highest BCUT2D eigenvalue weighted by Gasteiger charge is 2.16. The summed E-state index contributed by atoms with van der Waals surface area (Å²) >= 11 is 3.40. The summed E-state index contributed by atoms with van der Waals surface area (Å²) in [6.07, 6.45) is 0. The third-order valence-electron chi connectivity index (χ3n) is 3.22. The Morgan fingerprint density at radius 3 is 2.86 bits per heavy atom. The molecular formula is C14H10BrN5O. The number of nitriles is 1. The zero-order valence-electron chi connectivity index (χ0n) is 11.0. The van der Waals surface area contributed by atoms with Crippen LogP contribution in [-0.4, -0.2) is 14.8 Å². The molecule has 2 heterocycles. The molecule has 6 nitrogen and oxygen atoms in total. The van der Waals surface area contributed by atoms with Gasteiger partial charge in [-0.15, -0.1) is 0 Å². The highest BCUT2D eigenvalue weighted by molar-refractivity contribution is 9.10. The topological polar surface area (TPSA) is 100 Å². The van der Waals surface area contributed by atoms with Crippen molar-refractivity contribution in [3.05, 3.63) is 50.3 Å². The molecule has 0 saturated carbocycles. The number of benzene rings is 1. The second kappa shape index (κ2) is 4.75. The lowest BCUT2D eigenvalue weighted by Gasteiger charge is -2.08. The summed E-state index contributed by atoms with van der Waals surface area (Å²) in [4.78, 5) is 14.6. The number of fused-ring (bicyclic) bond motifs is 1. The van der Waals surface area contributed by atoms with Gasteiger partial charge >= 0.3 is 0 Å². The number of hydrogen-bond acceptors (Lipinski definition) is 4. The molecule has 7 heteroatoms. The van der Waals surface area contributed by atoms with Crippen LogP contribution in [0.2, 0.25) is 0 Å². The largest absolute Gasteiger partial charge is 0.382 e. The van der Waals surface area contributed by atoms with Gasteiger partial charge in [-0.2, -0.15) is 10.4 Å². The van der Waals surface area contributed by atoms with Gasteiger partial charge in [-0.25, -0.2) is 4.68 Å². The van der Waals surface area contributed by atoms with Crippen molar-refractivity contribution in [3.8, 4) is 11.8 Å². The van der Waals surface area contributed by atoms with Crippen molar-refractivity contribution in [2.75, 3.05) is 5.73 Å². The fraction of sp³-hybridized carbons (Fsp3) is 0.0714. The predicted molar refractivity (Wildman–Crippen MR) is 83.3 cm³/mol. The summed E-state index contributed by atoms with van der Waals surface area (Å²) in [5, 5.41) is 14.2. The highest BCUT2D eigenvalue weighted by atomic mass is 79.9. The summed E-state index contributed by atoms with van der Waals surface area (Å²) < 4.78 is 2.30. The van der Waals surface area contributed by atoms with Gasteiger partial charge in [-0.3, -0.25) is 4.79 Å². The van der Waals surface area contributed by atoms with Gasteiger partial charge in [0.15, 0.2) is 0 Å². The molecule has 2 aromatic heterocycles. The average Bonchev–Trinajstić information content (AvgIpc) is 2.73. The van der Waals surface area contributed by atoms with Crippen LogP contribution in [0.1, 0.15) is 11.3 Å². The lowest BCUT2D eigenvalue weighted by atomic mass is 10.2. The first-order chi connectivity index (χ1) is 10.0. The van der Waals surface area contributed by atoms with Gasteiger partial charge in [-0.05, 0) is 25.1 Å². The monoisotopic (exact) mass is 343 g/mol. The van der Waals surface area contributed by atoms with E-state index < -0.39 is 0 Å². The van der Waals surface area contributed by atoms with Gasteiger partial charge in [0.05, 0.1) is 16.9 Å². The molecule has 0 unspecified atom stereocenters. The predicted octanol–water partition coefficient (Wildman–Crippen LogP) is 2.24. The maximum Gasteiger partial charge on any atom is 0.250 e. The summed E-state index contributed by atoms with van der Waals surface area (Å²) in [7, 11) is 0. The van der Waals surface area contributed by atoms with Crippen LogP contribution in [0.4, 0.5) is 5.82 Å². The fourth-order valence-electron chi connectivity index (χ4n) is 2.25. The molecule has 0 aliphatic heterocycles. The Morgan fingerprint density at radius 1 is 1.43 bits per heavy atom. The van der Waals surface area contributed by atoms with Crippen LogP contribution in [0.3, 0.4) is 0 Å². The Morgan fingerprint density at radius 2 is 2.19 bits per heavy atom. The van der Waals surface area contributed by atoms with Crippen molar-refractivity contribution >= 4 is 32.7 Å². The Labute approximate surface area is 127 Å². The molecule has 1 aromatic carbocycles. The number of anilines is 1. The number of aromatic amines is 1. The van der Waals surface area contributed by atoms with E-state index in [1.165, 1.54) is 10.7 Å². The Kier molecular flexibility index (Phi) is 3.03. The average molecular weight is 344 g/mol. The van der Waals surface area contributed by atoms with E-state index in [9.17, 15) is 4.79 Å². The SMILES string of the molecule is Cc1nn(-c2cc(=O)[nH]c3ccc(Br)cc23)c(N)c1C#N. The zero-order valence-corrected chi connectivity index (χ0v) is 12.6. The number of rotatable bonds is 1. The maximum absolute atomic E-state index is 11.8. The Bertz CT molecular complexity index is 964. The van der Waals surface area contributed by atoms with Crippen LogP contribution in [0.25, 0.3) is 16.6 Å². The second-order valence-corrected chi connectivity index (χ2v) is 5.49. The minimum atomic E-state index is -0.258. The second-order valence-electron chi connectivity index (χ2n) is 4.58. The molecule has 3 N–H and O–H groups in total. The Balaban J connectivity index is 2.43. The van der Waals surface area contributed by atoms with Gasteiger partial charge in [0.2, 0.25) is 0 Å². The van der Waals surface area contributed by atoms with E-state index in [4.69, 9.17) is 11.0 Å². The van der Waals surface area contributed by atoms with E-state index in [2.05, 4.69) is 26.0 Å². The number of aromatic nitrogens is 3. The van der Waals surface area contributed by atoms with Crippen molar-refractivity contribution in [2.24, 2.45) is 0 Å². The molecule has 0 bridgehead atoms. The van der Waals surface area contributed by atoms with Crippen molar-refractivity contribution in [1.82, 2.24) is 14.8 Å². The normalized spacial score (nSPS) is 10.7. The first kappa shape index (κ1) is 13.4. The number of halogens is 1. The lowest BCUT2D eigenvalue weighted by Crippen LogP contribution is -2.11. The van der Waals surface area contributed by atoms with Gasteiger partial charge in [0.1, 0.15) is 17.5 Å². The number of nitrogens with zero attached hydrogens (tertiary/aromatic N) is 3. The molecule has 0 fully saturated rings. The summed E-state index contributed by atoms with van der Waals surface area (Å²) in [6.45, 7) is 1.71. The molecule has 0 amide bonds. The van der Waals surface area contributed by atoms with Crippen LogP contribution in [-0.2, 0) is 0 Å². The number of aryl methyl sites for hydroxylation is 1. The van der Waals surface area contributed by atoms with E-state index in [1.54, 1.807) is 13.0 Å². The van der Waals surface area contributed by atoms with Gasteiger partial charge in [0, 0.05) is 15.9 Å². The van der Waals surface area contributed by atoms with Crippen LogP contribution in [0.5, 0.6) is 0 Å². The number of nitrogen functional groups attached to an aromatic ring is 1. The molecule has 0 aliphatic rings. The third-order valence-corrected chi connectivity index (χ3v) is 3.71. The van der Waals surface area contributed by atoms with Crippen molar-refractivity contribution < 1.29 is 0 Å². The minimum Gasteiger partial charge on any atom is -0.382 e. The van der Waals surface area contributed by atoms with Crippen LogP contribution >= 0.6 is 15.9 Å². The maximum atomic E-state index is 11.8. The molecule has 0 radical (unpaired) electrons. The van der Waals surface area contributed by atoms with Crippen LogP contribution in [0.15, 0.2) is 33.5 Å². The van der Waals surface area contributed by atoms with Gasteiger partial charge in [0.25, 0.3) is 5.56 Å². The van der Waals surface area contributed by atoms with E-state index in [0.29, 0.717) is 22.5 Å². The summed E-state index contributed by atoms with van der Waals surface area (Å²) in [6, 6.07) is 8.93.